The van der Waals surface area contributed by atoms with Crippen molar-refractivity contribution in [3.8, 4) is 23.0 Å². The van der Waals surface area contributed by atoms with E-state index in [1.165, 1.54) is 5.56 Å². The van der Waals surface area contributed by atoms with Crippen LogP contribution in [0.1, 0.15) is 12.5 Å². The Morgan fingerprint density at radius 1 is 1.10 bits per heavy atom. The van der Waals surface area contributed by atoms with E-state index in [2.05, 4.69) is 34.2 Å². The second kappa shape index (κ2) is 5.13. The molecule has 20 heavy (non-hydrogen) atoms. The Kier molecular flexibility index (Phi) is 3.16. The predicted octanol–water partition coefficient (Wildman–Crippen LogP) is 2.94. The number of anilines is 1. The molecule has 0 aliphatic rings. The minimum Gasteiger partial charge on any atom is -0.397 e. The van der Waals surface area contributed by atoms with Crippen LogP contribution < -0.4 is 5.73 Å². The van der Waals surface area contributed by atoms with Crippen molar-refractivity contribution < 1.29 is 4.52 Å². The summed E-state index contributed by atoms with van der Waals surface area (Å²) in [6.07, 6.45) is 2.57. The topological polar surface area (TPSA) is 77.8 Å². The van der Waals surface area contributed by atoms with Crippen molar-refractivity contribution in [1.82, 2.24) is 15.1 Å². The summed E-state index contributed by atoms with van der Waals surface area (Å²) in [7, 11) is 0. The van der Waals surface area contributed by atoms with E-state index in [4.69, 9.17) is 10.3 Å². The Bertz CT molecular complexity index is 701. The van der Waals surface area contributed by atoms with Crippen LogP contribution in [0.4, 0.5) is 5.69 Å². The molecule has 0 aliphatic heterocycles. The first-order chi connectivity index (χ1) is 9.76. The van der Waals surface area contributed by atoms with Crippen LogP contribution in [0.3, 0.4) is 0 Å². The summed E-state index contributed by atoms with van der Waals surface area (Å²) >= 11 is 0. The Morgan fingerprint density at radius 3 is 2.55 bits per heavy atom. The highest BCUT2D eigenvalue weighted by atomic mass is 16.5. The summed E-state index contributed by atoms with van der Waals surface area (Å²) < 4.78 is 5.24. The average Bonchev–Trinajstić information content (AvgIpc) is 2.98. The highest BCUT2D eigenvalue weighted by Crippen LogP contribution is 2.21. The van der Waals surface area contributed by atoms with Crippen LogP contribution in [0.5, 0.6) is 0 Å². The molecule has 0 saturated carbocycles. The molecule has 5 heteroatoms. The molecule has 5 nitrogen and oxygen atoms in total. The molecular weight excluding hydrogens is 252 g/mol. The molecule has 100 valence electrons. The third-order valence-electron chi connectivity index (χ3n) is 3.05. The van der Waals surface area contributed by atoms with Gasteiger partial charge in [-0.15, -0.1) is 0 Å². The number of hydrogen-bond acceptors (Lipinski definition) is 5. The fraction of sp³-hybridized carbons (Fsp3) is 0.133. The van der Waals surface area contributed by atoms with E-state index in [0.29, 0.717) is 23.1 Å². The Balaban J connectivity index is 1.91. The molecule has 3 aromatic rings. The van der Waals surface area contributed by atoms with Crippen LogP contribution in [-0.4, -0.2) is 15.1 Å². The SMILES string of the molecule is CCc1ccc(-c2noc(-c3ccc(N)cn3)n2)cc1. The fourth-order valence-electron chi connectivity index (χ4n) is 1.87. The lowest BCUT2D eigenvalue weighted by atomic mass is 10.1. The van der Waals surface area contributed by atoms with Crippen molar-refractivity contribution >= 4 is 5.69 Å². The predicted molar refractivity (Wildman–Crippen MR) is 76.8 cm³/mol. The third-order valence-corrected chi connectivity index (χ3v) is 3.05. The highest BCUT2D eigenvalue weighted by Gasteiger charge is 2.11. The molecule has 1 aromatic carbocycles. The lowest BCUT2D eigenvalue weighted by Gasteiger charge is -1.97. The summed E-state index contributed by atoms with van der Waals surface area (Å²) in [5.74, 6) is 0.945. The van der Waals surface area contributed by atoms with E-state index < -0.39 is 0 Å². The zero-order valence-corrected chi connectivity index (χ0v) is 11.1. The molecule has 0 aliphatic carbocycles. The van der Waals surface area contributed by atoms with Crippen LogP contribution in [0, 0.1) is 0 Å². The molecule has 3 rings (SSSR count). The standard InChI is InChI=1S/C15H14N4O/c1-2-10-3-5-11(6-4-10)14-18-15(20-19-14)13-8-7-12(16)9-17-13/h3-9H,2,16H2,1H3. The summed E-state index contributed by atoms with van der Waals surface area (Å²) in [5.41, 5.74) is 9.01. The van der Waals surface area contributed by atoms with Gasteiger partial charge >= 0.3 is 0 Å². The highest BCUT2D eigenvalue weighted by molar-refractivity contribution is 5.58. The van der Waals surface area contributed by atoms with E-state index in [0.717, 1.165) is 12.0 Å². The van der Waals surface area contributed by atoms with Crippen molar-refractivity contribution in [3.63, 3.8) is 0 Å². The first kappa shape index (κ1) is 12.3. The Labute approximate surface area is 116 Å². The monoisotopic (exact) mass is 266 g/mol. The molecular formula is C15H14N4O. The molecule has 2 aromatic heterocycles. The minimum atomic E-state index is 0.388. The number of aryl methyl sites for hydroxylation is 1. The molecule has 0 radical (unpaired) electrons. The molecule has 0 bridgehead atoms. The second-order valence-corrected chi connectivity index (χ2v) is 4.45. The largest absolute Gasteiger partial charge is 0.397 e. The molecule has 0 unspecified atom stereocenters. The smallest absolute Gasteiger partial charge is 0.276 e. The Morgan fingerprint density at radius 2 is 1.90 bits per heavy atom. The zero-order valence-electron chi connectivity index (χ0n) is 11.1. The van der Waals surface area contributed by atoms with Gasteiger partial charge < -0.3 is 10.3 Å². The molecule has 2 N–H and O–H groups in total. The van der Waals surface area contributed by atoms with Crippen LogP contribution in [0.15, 0.2) is 47.1 Å². The molecule has 0 saturated heterocycles. The maximum atomic E-state index is 5.60. The van der Waals surface area contributed by atoms with E-state index in [1.54, 1.807) is 18.3 Å². The maximum Gasteiger partial charge on any atom is 0.276 e. The van der Waals surface area contributed by atoms with Crippen molar-refractivity contribution in [1.29, 1.82) is 0 Å². The maximum absolute atomic E-state index is 5.60. The minimum absolute atomic E-state index is 0.388. The summed E-state index contributed by atoms with van der Waals surface area (Å²) in [5, 5.41) is 3.98. The lowest BCUT2D eigenvalue weighted by molar-refractivity contribution is 0.431. The van der Waals surface area contributed by atoms with Gasteiger partial charge in [0.2, 0.25) is 5.82 Å². The van der Waals surface area contributed by atoms with Gasteiger partial charge in [0.1, 0.15) is 5.69 Å². The van der Waals surface area contributed by atoms with Gasteiger partial charge in [-0.2, -0.15) is 4.98 Å². The molecule has 0 amide bonds. The van der Waals surface area contributed by atoms with Gasteiger partial charge in [0.15, 0.2) is 0 Å². The number of hydrogen-bond donors (Lipinski definition) is 1. The van der Waals surface area contributed by atoms with Crippen molar-refractivity contribution in [2.45, 2.75) is 13.3 Å². The van der Waals surface area contributed by atoms with E-state index in [9.17, 15) is 0 Å². The van der Waals surface area contributed by atoms with Crippen LogP contribution >= 0.6 is 0 Å². The molecule has 2 heterocycles. The normalized spacial score (nSPS) is 10.7. The number of pyridine rings is 1. The number of nitrogens with zero attached hydrogens (tertiary/aromatic N) is 3. The van der Waals surface area contributed by atoms with Gasteiger partial charge in [0.05, 0.1) is 11.9 Å². The first-order valence-electron chi connectivity index (χ1n) is 6.41. The first-order valence-corrected chi connectivity index (χ1v) is 6.41. The number of nitrogen functional groups attached to an aromatic ring is 1. The van der Waals surface area contributed by atoms with Gasteiger partial charge in [0.25, 0.3) is 5.89 Å². The number of benzene rings is 1. The number of rotatable bonds is 3. The summed E-state index contributed by atoms with van der Waals surface area (Å²) in [4.78, 5) is 8.52. The van der Waals surface area contributed by atoms with Crippen LogP contribution in [0.2, 0.25) is 0 Å². The van der Waals surface area contributed by atoms with Gasteiger partial charge in [-0.1, -0.05) is 36.3 Å². The van der Waals surface area contributed by atoms with Crippen molar-refractivity contribution in [3.05, 3.63) is 48.2 Å². The Hall–Kier alpha value is -2.69. The van der Waals surface area contributed by atoms with Gasteiger partial charge in [-0.25, -0.2) is 4.98 Å². The van der Waals surface area contributed by atoms with E-state index in [1.807, 2.05) is 12.1 Å². The average molecular weight is 266 g/mol. The lowest BCUT2D eigenvalue weighted by Crippen LogP contribution is -1.88. The van der Waals surface area contributed by atoms with E-state index in [-0.39, 0.29) is 0 Å². The second-order valence-electron chi connectivity index (χ2n) is 4.45. The zero-order chi connectivity index (χ0) is 13.9. The molecule has 0 atom stereocenters. The molecule has 0 fully saturated rings. The van der Waals surface area contributed by atoms with Crippen LogP contribution in [0.25, 0.3) is 23.0 Å². The third kappa shape index (κ3) is 2.38. The summed E-state index contributed by atoms with van der Waals surface area (Å²) in [6, 6.07) is 11.6. The van der Waals surface area contributed by atoms with Gasteiger partial charge in [-0.05, 0) is 24.1 Å². The van der Waals surface area contributed by atoms with E-state index >= 15 is 0 Å². The fourth-order valence-corrected chi connectivity index (χ4v) is 1.87. The van der Waals surface area contributed by atoms with Crippen molar-refractivity contribution in [2.24, 2.45) is 0 Å². The number of aromatic nitrogens is 3. The van der Waals surface area contributed by atoms with Gasteiger partial charge in [-0.3, -0.25) is 0 Å². The van der Waals surface area contributed by atoms with Gasteiger partial charge in [0, 0.05) is 5.56 Å². The van der Waals surface area contributed by atoms with Crippen molar-refractivity contribution in [2.75, 3.05) is 5.73 Å². The molecule has 0 spiro atoms. The van der Waals surface area contributed by atoms with Crippen LogP contribution in [-0.2, 0) is 6.42 Å². The summed E-state index contributed by atoms with van der Waals surface area (Å²) in [6.45, 7) is 2.12. The number of nitrogens with two attached hydrogens (primary N) is 1. The quantitative estimate of drug-likeness (QED) is 0.788.